The molecule has 0 unspecified atom stereocenters. The first-order chi connectivity index (χ1) is 11.7. The molecule has 1 aromatic carbocycles. The van der Waals surface area contributed by atoms with Crippen LogP contribution in [0.5, 0.6) is 0 Å². The predicted molar refractivity (Wildman–Crippen MR) is 91.5 cm³/mol. The quantitative estimate of drug-likeness (QED) is 0.777. The summed E-state index contributed by atoms with van der Waals surface area (Å²) in [5.74, 6) is 0.863. The second kappa shape index (κ2) is 6.05. The number of carbonyl (C=O) groups excluding carboxylic acids is 1. The number of rotatable bonds is 3. The highest BCUT2D eigenvalue weighted by Gasteiger charge is 2.30. The van der Waals surface area contributed by atoms with Crippen LogP contribution in [0.25, 0.3) is 22.6 Å². The molecular weight excluding hydrogens is 304 g/mol. The molecule has 2 N–H and O–H groups in total. The topological polar surface area (TPSA) is 79.9 Å². The molecule has 1 amide bonds. The molecule has 0 aliphatic carbocycles. The highest BCUT2D eigenvalue weighted by Crippen LogP contribution is 2.24. The maximum absolute atomic E-state index is 12.3. The van der Waals surface area contributed by atoms with Gasteiger partial charge < -0.3 is 15.0 Å². The summed E-state index contributed by atoms with van der Waals surface area (Å²) in [6.45, 7) is 2.68. The monoisotopic (exact) mass is 322 g/mol. The number of carbonyl (C=O) groups is 1. The molecule has 6 nitrogen and oxygen atoms in total. The summed E-state index contributed by atoms with van der Waals surface area (Å²) in [5, 5.41) is 2.93. The molecule has 3 heterocycles. The molecule has 1 fully saturated rings. The fraction of sp³-hybridized carbons (Fsp3) is 0.278. The van der Waals surface area contributed by atoms with Gasteiger partial charge in [0.2, 0.25) is 0 Å². The van der Waals surface area contributed by atoms with Crippen molar-refractivity contribution < 1.29 is 9.53 Å². The Bertz CT molecular complexity index is 875. The van der Waals surface area contributed by atoms with Crippen LogP contribution in [-0.2, 0) is 9.53 Å². The number of H-pyrrole nitrogens is 1. The van der Waals surface area contributed by atoms with E-state index in [0.717, 1.165) is 28.8 Å². The summed E-state index contributed by atoms with van der Waals surface area (Å²) in [4.78, 5) is 24.4. The third kappa shape index (κ3) is 2.76. The van der Waals surface area contributed by atoms with Gasteiger partial charge in [-0.05, 0) is 42.7 Å². The lowest BCUT2D eigenvalue weighted by Gasteiger charge is -2.14. The zero-order valence-corrected chi connectivity index (χ0v) is 13.3. The van der Waals surface area contributed by atoms with E-state index in [0.29, 0.717) is 12.4 Å². The van der Waals surface area contributed by atoms with Crippen molar-refractivity contribution in [3.05, 3.63) is 42.6 Å². The van der Waals surface area contributed by atoms with Gasteiger partial charge in [-0.2, -0.15) is 0 Å². The van der Waals surface area contributed by atoms with Crippen LogP contribution in [0.3, 0.4) is 0 Å². The van der Waals surface area contributed by atoms with Gasteiger partial charge in [0, 0.05) is 18.5 Å². The molecule has 24 heavy (non-hydrogen) atoms. The van der Waals surface area contributed by atoms with E-state index in [1.807, 2.05) is 43.3 Å². The molecule has 6 heteroatoms. The third-order valence-corrected chi connectivity index (χ3v) is 4.30. The Labute approximate surface area is 139 Å². The van der Waals surface area contributed by atoms with E-state index in [1.165, 1.54) is 0 Å². The van der Waals surface area contributed by atoms with Crippen molar-refractivity contribution in [1.82, 2.24) is 15.0 Å². The van der Waals surface area contributed by atoms with Gasteiger partial charge in [0.25, 0.3) is 5.91 Å². The average Bonchev–Trinajstić information content (AvgIpc) is 3.21. The van der Waals surface area contributed by atoms with Gasteiger partial charge in [-0.1, -0.05) is 13.0 Å². The number of nitrogens with one attached hydrogen (secondary N) is 2. The first kappa shape index (κ1) is 14.8. The molecular formula is C18H18N4O2. The molecule has 2 aromatic heterocycles. The summed E-state index contributed by atoms with van der Waals surface area (Å²) in [5.41, 5.74) is 3.20. The zero-order valence-electron chi connectivity index (χ0n) is 13.3. The van der Waals surface area contributed by atoms with Crippen LogP contribution < -0.4 is 5.32 Å². The maximum atomic E-state index is 12.3. The molecule has 0 bridgehead atoms. The van der Waals surface area contributed by atoms with Crippen molar-refractivity contribution in [2.45, 2.75) is 19.4 Å². The van der Waals surface area contributed by atoms with Crippen LogP contribution in [0, 0.1) is 5.92 Å². The Kier molecular flexibility index (Phi) is 3.74. The number of anilines is 1. The highest BCUT2D eigenvalue weighted by atomic mass is 16.5. The minimum absolute atomic E-state index is 0.0937. The number of fused-ring (bicyclic) bond motifs is 1. The van der Waals surface area contributed by atoms with Crippen LogP contribution in [0.4, 0.5) is 5.69 Å². The SMILES string of the molecule is C[C@H]1CCO[C@H]1C(=O)Nc1ccc2nc(-c3ccccn3)[nH]c2c1. The molecule has 122 valence electrons. The summed E-state index contributed by atoms with van der Waals surface area (Å²) < 4.78 is 5.51. The van der Waals surface area contributed by atoms with Crippen molar-refractivity contribution in [1.29, 1.82) is 0 Å². The third-order valence-electron chi connectivity index (χ3n) is 4.30. The molecule has 1 saturated heterocycles. The van der Waals surface area contributed by atoms with Crippen LogP contribution in [-0.4, -0.2) is 33.6 Å². The van der Waals surface area contributed by atoms with Crippen molar-refractivity contribution >= 4 is 22.6 Å². The van der Waals surface area contributed by atoms with E-state index >= 15 is 0 Å². The summed E-state index contributed by atoms with van der Waals surface area (Å²) in [7, 11) is 0. The Morgan fingerprint density at radius 1 is 1.33 bits per heavy atom. The average molecular weight is 322 g/mol. The van der Waals surface area contributed by atoms with Gasteiger partial charge in [0.15, 0.2) is 5.82 Å². The molecule has 1 aliphatic rings. The fourth-order valence-electron chi connectivity index (χ4n) is 2.96. The Morgan fingerprint density at radius 3 is 3.00 bits per heavy atom. The van der Waals surface area contributed by atoms with E-state index in [4.69, 9.17) is 4.74 Å². The number of aromatic amines is 1. The molecule has 3 aromatic rings. The smallest absolute Gasteiger partial charge is 0.253 e. The number of aromatic nitrogens is 3. The van der Waals surface area contributed by atoms with Crippen LogP contribution >= 0.6 is 0 Å². The molecule has 1 aliphatic heterocycles. The predicted octanol–water partition coefficient (Wildman–Crippen LogP) is 2.99. The Hall–Kier alpha value is -2.73. The lowest BCUT2D eigenvalue weighted by atomic mass is 10.0. The van der Waals surface area contributed by atoms with E-state index in [2.05, 4.69) is 20.3 Å². The Morgan fingerprint density at radius 2 is 2.25 bits per heavy atom. The van der Waals surface area contributed by atoms with E-state index < -0.39 is 0 Å². The number of hydrogen-bond acceptors (Lipinski definition) is 4. The maximum Gasteiger partial charge on any atom is 0.253 e. The molecule has 0 radical (unpaired) electrons. The number of pyridine rings is 1. The summed E-state index contributed by atoms with van der Waals surface area (Å²) in [6, 6.07) is 11.3. The Balaban J connectivity index is 1.58. The number of ether oxygens (including phenoxy) is 1. The van der Waals surface area contributed by atoms with E-state index in [1.54, 1.807) is 6.20 Å². The summed E-state index contributed by atoms with van der Waals surface area (Å²) in [6.07, 6.45) is 2.29. The number of imidazole rings is 1. The normalized spacial score (nSPS) is 20.4. The standard InChI is InChI=1S/C18H18N4O2/c1-11-7-9-24-16(11)18(23)20-12-5-6-13-15(10-12)22-17(21-13)14-4-2-3-8-19-14/h2-6,8,10-11,16H,7,9H2,1H3,(H,20,23)(H,21,22)/t11-,16+/m0/s1. The minimum Gasteiger partial charge on any atom is -0.368 e. The van der Waals surface area contributed by atoms with E-state index in [-0.39, 0.29) is 17.9 Å². The first-order valence-corrected chi connectivity index (χ1v) is 8.04. The molecule has 2 atom stereocenters. The summed E-state index contributed by atoms with van der Waals surface area (Å²) >= 11 is 0. The van der Waals surface area contributed by atoms with Crippen LogP contribution in [0.2, 0.25) is 0 Å². The highest BCUT2D eigenvalue weighted by molar-refractivity contribution is 5.96. The molecule has 0 spiro atoms. The van der Waals surface area contributed by atoms with Gasteiger partial charge in [0.05, 0.1) is 11.0 Å². The van der Waals surface area contributed by atoms with Gasteiger partial charge in [0.1, 0.15) is 11.8 Å². The van der Waals surface area contributed by atoms with Crippen molar-refractivity contribution in [2.75, 3.05) is 11.9 Å². The van der Waals surface area contributed by atoms with Crippen LogP contribution in [0.15, 0.2) is 42.6 Å². The first-order valence-electron chi connectivity index (χ1n) is 8.04. The van der Waals surface area contributed by atoms with Gasteiger partial charge in [-0.3, -0.25) is 9.78 Å². The zero-order chi connectivity index (χ0) is 16.5. The van der Waals surface area contributed by atoms with Gasteiger partial charge in [-0.15, -0.1) is 0 Å². The van der Waals surface area contributed by atoms with Crippen molar-refractivity contribution in [2.24, 2.45) is 5.92 Å². The van der Waals surface area contributed by atoms with Crippen LogP contribution in [0.1, 0.15) is 13.3 Å². The van der Waals surface area contributed by atoms with E-state index in [9.17, 15) is 4.79 Å². The number of hydrogen-bond donors (Lipinski definition) is 2. The minimum atomic E-state index is -0.369. The number of nitrogens with zero attached hydrogens (tertiary/aromatic N) is 2. The largest absolute Gasteiger partial charge is 0.368 e. The fourth-order valence-corrected chi connectivity index (χ4v) is 2.96. The number of benzene rings is 1. The molecule has 0 saturated carbocycles. The second-order valence-corrected chi connectivity index (χ2v) is 6.08. The van der Waals surface area contributed by atoms with Gasteiger partial charge >= 0.3 is 0 Å². The number of amides is 1. The lowest BCUT2D eigenvalue weighted by molar-refractivity contribution is -0.126. The van der Waals surface area contributed by atoms with Crippen molar-refractivity contribution in [3.8, 4) is 11.5 Å². The van der Waals surface area contributed by atoms with Crippen molar-refractivity contribution in [3.63, 3.8) is 0 Å². The molecule has 4 rings (SSSR count). The lowest BCUT2D eigenvalue weighted by Crippen LogP contribution is -2.31. The second-order valence-electron chi connectivity index (χ2n) is 6.08. The van der Waals surface area contributed by atoms with Gasteiger partial charge in [-0.25, -0.2) is 4.98 Å².